The molecule has 0 aliphatic carbocycles. The van der Waals surface area contributed by atoms with Crippen LogP contribution >= 0.6 is 11.3 Å². The van der Waals surface area contributed by atoms with Crippen LogP contribution in [0, 0.1) is 25.5 Å². The Hall–Kier alpha value is -1.33. The van der Waals surface area contributed by atoms with Crippen molar-refractivity contribution in [3.63, 3.8) is 0 Å². The van der Waals surface area contributed by atoms with Crippen molar-refractivity contribution in [1.82, 2.24) is 4.98 Å². The second-order valence-electron chi connectivity index (χ2n) is 4.80. The number of aliphatic hydroxyl groups is 1. The topological polar surface area (TPSA) is 33.1 Å². The zero-order valence-electron chi connectivity index (χ0n) is 11.0. The molecule has 2 rings (SSSR count). The fourth-order valence-corrected chi connectivity index (χ4v) is 3.01. The lowest BCUT2D eigenvalue weighted by atomic mass is 9.92. The Kier molecular flexibility index (Phi) is 3.69. The van der Waals surface area contributed by atoms with Gasteiger partial charge in [0.05, 0.1) is 16.3 Å². The molecule has 2 nitrogen and oxygen atoms in total. The lowest BCUT2D eigenvalue weighted by Gasteiger charge is -2.23. The van der Waals surface area contributed by atoms with Crippen LogP contribution in [0.25, 0.3) is 0 Å². The first kappa shape index (κ1) is 14.1. The largest absolute Gasteiger partial charge is 0.385 e. The molecule has 1 aromatic heterocycles. The van der Waals surface area contributed by atoms with Crippen molar-refractivity contribution < 1.29 is 13.9 Å². The number of benzene rings is 1. The predicted molar refractivity (Wildman–Crippen MR) is 71.2 cm³/mol. The van der Waals surface area contributed by atoms with Crippen molar-refractivity contribution in [2.24, 2.45) is 0 Å². The van der Waals surface area contributed by atoms with Crippen LogP contribution in [0.4, 0.5) is 8.78 Å². The minimum absolute atomic E-state index is 0.0435. The highest BCUT2D eigenvalue weighted by Gasteiger charge is 2.29. The lowest BCUT2D eigenvalue weighted by Crippen LogP contribution is -2.26. The van der Waals surface area contributed by atoms with Gasteiger partial charge in [0.2, 0.25) is 0 Å². The van der Waals surface area contributed by atoms with Crippen molar-refractivity contribution in [3.05, 3.63) is 51.0 Å². The number of rotatable bonds is 3. The van der Waals surface area contributed by atoms with Crippen LogP contribution in [0.5, 0.6) is 0 Å². The summed E-state index contributed by atoms with van der Waals surface area (Å²) < 4.78 is 26.9. The molecule has 0 aliphatic heterocycles. The maximum atomic E-state index is 13.7. The molecule has 1 unspecified atom stereocenters. The van der Waals surface area contributed by atoms with Crippen LogP contribution in [-0.4, -0.2) is 10.1 Å². The van der Waals surface area contributed by atoms with Gasteiger partial charge in [-0.05, 0) is 26.8 Å². The summed E-state index contributed by atoms with van der Waals surface area (Å²) in [7, 11) is 0. The van der Waals surface area contributed by atoms with E-state index in [-0.39, 0.29) is 12.0 Å². The van der Waals surface area contributed by atoms with Crippen LogP contribution in [0.2, 0.25) is 0 Å². The molecule has 1 atom stereocenters. The van der Waals surface area contributed by atoms with E-state index in [1.54, 1.807) is 0 Å². The van der Waals surface area contributed by atoms with Crippen LogP contribution in [0.1, 0.15) is 28.1 Å². The van der Waals surface area contributed by atoms with Crippen LogP contribution in [-0.2, 0) is 12.0 Å². The second-order valence-corrected chi connectivity index (χ2v) is 6.09. The molecular formula is C14H15F2NOS. The van der Waals surface area contributed by atoms with Crippen molar-refractivity contribution >= 4 is 11.3 Å². The molecule has 102 valence electrons. The van der Waals surface area contributed by atoms with Gasteiger partial charge in [0.15, 0.2) is 11.6 Å². The summed E-state index contributed by atoms with van der Waals surface area (Å²) in [4.78, 5) is 5.38. The van der Waals surface area contributed by atoms with Gasteiger partial charge in [0.25, 0.3) is 0 Å². The smallest absolute Gasteiger partial charge is 0.164 e. The standard InChI is InChI=1S/C14H15F2NOS/c1-8-9(2)19-12(17-8)7-14(3,18)10-5-4-6-11(15)13(10)16/h4-6,18H,7H2,1-3H3. The third kappa shape index (κ3) is 2.82. The van der Waals surface area contributed by atoms with Crippen LogP contribution in [0.3, 0.4) is 0 Å². The molecule has 1 N–H and O–H groups in total. The number of thiazole rings is 1. The molecule has 0 fully saturated rings. The van der Waals surface area contributed by atoms with E-state index in [0.29, 0.717) is 5.01 Å². The molecule has 0 bridgehead atoms. The Balaban J connectivity index is 2.34. The van der Waals surface area contributed by atoms with Crippen LogP contribution < -0.4 is 0 Å². The molecule has 0 aliphatic rings. The van der Waals surface area contributed by atoms with Gasteiger partial charge in [-0.1, -0.05) is 12.1 Å². The van der Waals surface area contributed by atoms with Crippen molar-refractivity contribution in [3.8, 4) is 0 Å². The second kappa shape index (κ2) is 4.98. The average Bonchev–Trinajstić information content (AvgIpc) is 2.60. The SMILES string of the molecule is Cc1nc(CC(C)(O)c2cccc(F)c2F)sc1C. The molecule has 0 spiro atoms. The number of halogens is 2. The van der Waals surface area contributed by atoms with Gasteiger partial charge in [0.1, 0.15) is 0 Å². The highest BCUT2D eigenvalue weighted by Crippen LogP contribution is 2.30. The Labute approximate surface area is 114 Å². The Morgan fingerprint density at radius 1 is 1.32 bits per heavy atom. The van der Waals surface area contributed by atoms with Gasteiger partial charge < -0.3 is 5.11 Å². The highest BCUT2D eigenvalue weighted by molar-refractivity contribution is 7.11. The van der Waals surface area contributed by atoms with E-state index >= 15 is 0 Å². The lowest BCUT2D eigenvalue weighted by molar-refractivity contribution is 0.0529. The summed E-state index contributed by atoms with van der Waals surface area (Å²) in [5.74, 6) is -1.96. The van der Waals surface area contributed by atoms with E-state index in [4.69, 9.17) is 0 Å². The first-order valence-corrected chi connectivity index (χ1v) is 6.72. The quantitative estimate of drug-likeness (QED) is 0.935. The number of hydrogen-bond donors (Lipinski definition) is 1. The summed E-state index contributed by atoms with van der Waals surface area (Å²) in [6, 6.07) is 3.82. The summed E-state index contributed by atoms with van der Waals surface area (Å²) >= 11 is 1.46. The molecular weight excluding hydrogens is 268 g/mol. The van der Waals surface area contributed by atoms with E-state index in [1.807, 2.05) is 13.8 Å². The minimum Gasteiger partial charge on any atom is -0.385 e. The third-order valence-corrected chi connectivity index (χ3v) is 4.17. The maximum absolute atomic E-state index is 13.7. The van der Waals surface area contributed by atoms with Crippen molar-refractivity contribution in [1.29, 1.82) is 0 Å². The third-order valence-electron chi connectivity index (χ3n) is 3.10. The number of nitrogens with zero attached hydrogens (tertiary/aromatic N) is 1. The van der Waals surface area contributed by atoms with Crippen LogP contribution in [0.15, 0.2) is 18.2 Å². The van der Waals surface area contributed by atoms with E-state index in [1.165, 1.54) is 30.4 Å². The molecule has 0 amide bonds. The minimum atomic E-state index is -1.48. The van der Waals surface area contributed by atoms with E-state index < -0.39 is 17.2 Å². The Bertz CT molecular complexity index is 588. The van der Waals surface area contributed by atoms with Gasteiger partial charge >= 0.3 is 0 Å². The van der Waals surface area contributed by atoms with Gasteiger partial charge in [0, 0.05) is 16.9 Å². The van der Waals surface area contributed by atoms with Gasteiger partial charge in [-0.3, -0.25) is 0 Å². The van der Waals surface area contributed by atoms with Gasteiger partial charge in [-0.25, -0.2) is 13.8 Å². The number of aromatic nitrogens is 1. The van der Waals surface area contributed by atoms with E-state index in [9.17, 15) is 13.9 Å². The van der Waals surface area contributed by atoms with E-state index in [0.717, 1.165) is 16.6 Å². The molecule has 19 heavy (non-hydrogen) atoms. The molecule has 5 heteroatoms. The zero-order valence-corrected chi connectivity index (χ0v) is 11.8. The summed E-state index contributed by atoms with van der Waals surface area (Å²) in [6.45, 7) is 5.29. The van der Waals surface area contributed by atoms with Gasteiger partial charge in [-0.15, -0.1) is 11.3 Å². The number of hydrogen-bond acceptors (Lipinski definition) is 3. The predicted octanol–water partition coefficient (Wildman–Crippen LogP) is 3.49. The summed E-state index contributed by atoms with van der Waals surface area (Å²) in [5, 5.41) is 11.1. The number of aryl methyl sites for hydroxylation is 2. The monoisotopic (exact) mass is 283 g/mol. The Morgan fingerprint density at radius 2 is 2.00 bits per heavy atom. The van der Waals surface area contributed by atoms with Crippen molar-refractivity contribution in [2.45, 2.75) is 32.8 Å². The fourth-order valence-electron chi connectivity index (χ4n) is 1.92. The van der Waals surface area contributed by atoms with E-state index in [2.05, 4.69) is 4.98 Å². The molecule has 1 heterocycles. The molecule has 0 saturated carbocycles. The van der Waals surface area contributed by atoms with Gasteiger partial charge in [-0.2, -0.15) is 0 Å². The Morgan fingerprint density at radius 3 is 2.58 bits per heavy atom. The first-order chi connectivity index (χ1) is 8.81. The normalized spacial score (nSPS) is 14.4. The molecule has 1 aromatic carbocycles. The summed E-state index contributed by atoms with van der Waals surface area (Å²) in [5.41, 5.74) is -0.628. The molecule has 2 aromatic rings. The molecule has 0 saturated heterocycles. The van der Waals surface area contributed by atoms with Crippen molar-refractivity contribution in [2.75, 3.05) is 0 Å². The first-order valence-electron chi connectivity index (χ1n) is 5.91. The molecule has 0 radical (unpaired) electrons. The summed E-state index contributed by atoms with van der Waals surface area (Å²) in [6.07, 6.45) is 0.159. The zero-order chi connectivity index (χ0) is 14.2. The fraction of sp³-hybridized carbons (Fsp3) is 0.357. The highest BCUT2D eigenvalue weighted by atomic mass is 32.1. The average molecular weight is 283 g/mol. The maximum Gasteiger partial charge on any atom is 0.164 e.